The summed E-state index contributed by atoms with van der Waals surface area (Å²) in [5.74, 6) is 0.167. The molecule has 5 aliphatic rings. The molecular weight excluding hydrogens is 849 g/mol. The van der Waals surface area contributed by atoms with Crippen molar-refractivity contribution in [2.75, 3.05) is 6.61 Å². The zero-order valence-corrected chi connectivity index (χ0v) is 36.8. The van der Waals surface area contributed by atoms with Gasteiger partial charge < -0.3 is 9.47 Å². The summed E-state index contributed by atoms with van der Waals surface area (Å²) in [5.41, 5.74) is 5.46. The summed E-state index contributed by atoms with van der Waals surface area (Å²) in [6.07, 6.45) is 2.92. The molecular formula is C68H16O2. The van der Waals surface area contributed by atoms with E-state index in [4.69, 9.17) is 9.47 Å². The van der Waals surface area contributed by atoms with Gasteiger partial charge in [-0.25, -0.2) is 0 Å². The Hall–Kier alpha value is -7.62. The van der Waals surface area contributed by atoms with Crippen LogP contribution < -0.4 is 0 Å². The molecule has 33 rings (SSSR count). The molecule has 1 aliphatic heterocycles. The molecule has 28 aromatic rings. The molecule has 2 atom stereocenters. The predicted octanol–water partition coefficient (Wildman–Crippen LogP) is 18.5. The van der Waals surface area contributed by atoms with Gasteiger partial charge in [-0.15, -0.1) is 0 Å². The van der Waals surface area contributed by atoms with Crippen LogP contribution in [0.4, 0.5) is 0 Å². The maximum Gasteiger partial charge on any atom is 0.163 e. The highest BCUT2D eigenvalue weighted by Crippen LogP contribution is 2.87. The van der Waals surface area contributed by atoms with Crippen molar-refractivity contribution in [1.82, 2.24) is 0 Å². The van der Waals surface area contributed by atoms with E-state index in [1.807, 2.05) is 0 Å². The number of ether oxygens (including phenoxy) is 2. The summed E-state index contributed by atoms with van der Waals surface area (Å²) in [4.78, 5) is 0. The first kappa shape index (κ1) is 27.0. The first-order valence-corrected chi connectivity index (χ1v) is 26.9. The van der Waals surface area contributed by atoms with E-state index in [2.05, 4.69) is 13.8 Å². The average Bonchev–Trinajstić information content (AvgIpc) is 4.30. The van der Waals surface area contributed by atoms with Crippen LogP contribution in [0.25, 0.3) is 291 Å². The number of hydrogen-bond donors (Lipinski definition) is 0. The lowest BCUT2D eigenvalue weighted by Crippen LogP contribution is -2.52. The number of benzene rings is 18. The van der Waals surface area contributed by atoms with Crippen LogP contribution in [0.15, 0.2) is 0 Å². The van der Waals surface area contributed by atoms with Crippen LogP contribution in [-0.4, -0.2) is 12.9 Å². The van der Waals surface area contributed by atoms with E-state index in [0.717, 1.165) is 25.9 Å². The van der Waals surface area contributed by atoms with Crippen LogP contribution in [0.2, 0.25) is 0 Å². The van der Waals surface area contributed by atoms with Gasteiger partial charge in [0.15, 0.2) is 6.29 Å². The van der Waals surface area contributed by atoms with Gasteiger partial charge in [0, 0.05) is 23.7 Å². The lowest BCUT2D eigenvalue weighted by Gasteiger charge is -2.50. The Balaban J connectivity index is 1.17. The van der Waals surface area contributed by atoms with Crippen LogP contribution in [-0.2, 0) is 20.5 Å². The fourth-order valence-electron chi connectivity index (χ4n) is 25.5. The lowest BCUT2D eigenvalue weighted by molar-refractivity contribution is -0.172. The largest absolute Gasteiger partial charge is 0.352 e. The quantitative estimate of drug-likeness (QED) is 0.127. The molecule has 300 valence electrons. The van der Waals surface area contributed by atoms with Crippen molar-refractivity contribution >= 4 is 291 Å². The molecule has 1 saturated heterocycles. The van der Waals surface area contributed by atoms with E-state index >= 15 is 0 Å². The van der Waals surface area contributed by atoms with Crippen LogP contribution in [0.3, 0.4) is 0 Å². The number of hydrogen-bond acceptors (Lipinski definition) is 2. The van der Waals surface area contributed by atoms with Crippen molar-refractivity contribution in [3.05, 3.63) is 22.3 Å². The molecule has 2 heteroatoms. The molecule has 0 bridgehead atoms. The van der Waals surface area contributed by atoms with Crippen molar-refractivity contribution in [2.45, 2.75) is 50.4 Å². The van der Waals surface area contributed by atoms with E-state index in [9.17, 15) is 0 Å². The highest BCUT2D eigenvalue weighted by molar-refractivity contribution is 6.82. The van der Waals surface area contributed by atoms with Gasteiger partial charge in [0.25, 0.3) is 0 Å². The smallest absolute Gasteiger partial charge is 0.163 e. The van der Waals surface area contributed by atoms with E-state index in [1.165, 1.54) is 0 Å². The zero-order valence-electron chi connectivity index (χ0n) is 36.8. The van der Waals surface area contributed by atoms with Gasteiger partial charge in [0.05, 0.1) is 5.41 Å². The predicted molar refractivity (Wildman–Crippen MR) is 293 cm³/mol. The third kappa shape index (κ3) is 1.42. The summed E-state index contributed by atoms with van der Waals surface area (Å²) in [7, 11) is 0. The van der Waals surface area contributed by atoms with Gasteiger partial charge in [-0.3, -0.25) is 0 Å². The second kappa shape index (κ2) is 6.17. The van der Waals surface area contributed by atoms with Crippen LogP contribution in [0.5, 0.6) is 0 Å². The SMILES string of the molecule is CCCCO[C@H]1OC23c4c5c6c7c8c9c(c%10c%11c2c2c4c4c%12c5c5c6c6c8c8c%13c9c9c%10c%10c%11c%11c2c2c4c4c%12c%12c5c5c6c8c6c8c%13c9c9c%10c%10c%11c2c2c4c4c%12c5c6c5c8c9c%10c2c45)C73[C@H]1CC. The summed E-state index contributed by atoms with van der Waals surface area (Å²) < 4.78 is 16.1. The molecule has 2 spiro atoms. The highest BCUT2D eigenvalue weighted by atomic mass is 16.7. The molecule has 0 amide bonds. The summed E-state index contributed by atoms with van der Waals surface area (Å²) in [5, 5.41) is 88.6. The molecule has 0 N–H and O–H groups in total. The minimum atomic E-state index is -0.685. The van der Waals surface area contributed by atoms with Crippen LogP contribution in [0.1, 0.15) is 55.4 Å². The average molecular weight is 865 g/mol. The van der Waals surface area contributed by atoms with Gasteiger partial charge in [-0.2, -0.15) is 0 Å². The highest BCUT2D eigenvalue weighted by Gasteiger charge is 2.77. The van der Waals surface area contributed by atoms with Gasteiger partial charge in [-0.1, -0.05) is 20.3 Å². The zero-order chi connectivity index (χ0) is 41.9. The van der Waals surface area contributed by atoms with Crippen molar-refractivity contribution in [2.24, 2.45) is 5.92 Å². The second-order valence-electron chi connectivity index (χ2n) is 26.0. The van der Waals surface area contributed by atoms with Gasteiger partial charge in [0.1, 0.15) is 5.60 Å². The molecule has 0 aromatic heterocycles. The number of rotatable bonds is 5. The van der Waals surface area contributed by atoms with Crippen molar-refractivity contribution in [3.8, 4) is 0 Å². The maximum absolute atomic E-state index is 8.67. The Bertz CT molecular complexity index is 6920. The second-order valence-corrected chi connectivity index (χ2v) is 26.0. The Morgan fingerprint density at radius 2 is 0.486 bits per heavy atom. The molecule has 0 saturated carbocycles. The van der Waals surface area contributed by atoms with Gasteiger partial charge >= 0.3 is 0 Å². The fraction of sp³-hybridized carbons (Fsp3) is 0.147. The Morgan fingerprint density at radius 1 is 0.286 bits per heavy atom. The van der Waals surface area contributed by atoms with E-state index in [0.29, 0.717) is 0 Å². The number of unbranched alkanes of at least 4 members (excludes halogenated alkanes) is 1. The first-order chi connectivity index (χ1) is 34.9. The molecule has 1 heterocycles. The fourth-order valence-corrected chi connectivity index (χ4v) is 25.5. The maximum atomic E-state index is 8.67. The minimum Gasteiger partial charge on any atom is -0.352 e. The van der Waals surface area contributed by atoms with Crippen LogP contribution in [0, 0.1) is 5.92 Å². The molecule has 4 aliphatic carbocycles. The van der Waals surface area contributed by atoms with Crippen molar-refractivity contribution in [3.63, 3.8) is 0 Å². The monoisotopic (exact) mass is 864 g/mol. The van der Waals surface area contributed by atoms with Gasteiger partial charge in [0.2, 0.25) is 0 Å². The standard InChI is InChI=1S/C68H16O2/c1-3-5-6-69-66-7(4-2)67-62-54-46-36-26-18-10-8-9-12-16-14(10)22-30-24(16)34-28-20(12)21-13(9)17-15-11(8)19(18)27-33-23(15)31-25(17)35-29(21)39-38(28)50-44(34)52-42(30)48(40(46)32(22)26)56(62)58(52)64-60(50)61-51(39)45(35)53-43(31)49-41(33)47(37(27)36)55(54)63(67)57(49)59(53)65(61)68(64,67)70-66/h7,66H,3-6H2,1-2H3/t7-,66-,67?,68?/m0/s1. The van der Waals surface area contributed by atoms with Crippen LogP contribution >= 0.6 is 0 Å². The van der Waals surface area contributed by atoms with Gasteiger partial charge in [-0.05, 0) is 315 Å². The minimum absolute atomic E-state index is 0.167. The first-order valence-electron chi connectivity index (χ1n) is 26.9. The van der Waals surface area contributed by atoms with E-state index in [-0.39, 0.29) is 12.2 Å². The summed E-state index contributed by atoms with van der Waals surface area (Å²) in [6.45, 7) is 5.60. The van der Waals surface area contributed by atoms with Crippen molar-refractivity contribution < 1.29 is 9.47 Å². The molecule has 28 aromatic carbocycles. The normalized spacial score (nSPS) is 24.8. The molecule has 1 fully saturated rings. The van der Waals surface area contributed by atoms with E-state index in [1.54, 1.807) is 313 Å². The molecule has 0 radical (unpaired) electrons. The third-order valence-corrected chi connectivity index (χ3v) is 25.7. The summed E-state index contributed by atoms with van der Waals surface area (Å²) >= 11 is 0. The molecule has 2 nitrogen and oxygen atoms in total. The third-order valence-electron chi connectivity index (χ3n) is 25.7. The topological polar surface area (TPSA) is 18.5 Å². The summed E-state index contributed by atoms with van der Waals surface area (Å²) in [6, 6.07) is 0. The lowest BCUT2D eigenvalue weighted by atomic mass is 9.51. The Morgan fingerprint density at radius 3 is 0.686 bits per heavy atom. The Labute approximate surface area is 383 Å². The molecule has 70 heavy (non-hydrogen) atoms. The van der Waals surface area contributed by atoms with E-state index < -0.39 is 11.0 Å². The Kier molecular flexibility index (Phi) is 2.38. The molecule has 0 unspecified atom stereocenters. The van der Waals surface area contributed by atoms with Crippen molar-refractivity contribution in [1.29, 1.82) is 0 Å².